The van der Waals surface area contributed by atoms with E-state index in [4.69, 9.17) is 9.90 Å². The minimum Gasteiger partial charge on any atom is -0.483 e. The Morgan fingerprint density at radius 2 is 1.97 bits per heavy atom. The molecule has 1 amide bonds. The second-order valence-electron chi connectivity index (χ2n) is 8.43. The molecule has 4 heterocycles. The number of aromatic nitrogens is 4. The third-order valence-corrected chi connectivity index (χ3v) is 5.90. The average molecular weight is 540 g/mol. The molecular formula is C26H24F3N7O3. The van der Waals surface area contributed by atoms with Crippen LogP contribution < -0.4 is 16.3 Å². The van der Waals surface area contributed by atoms with E-state index >= 15 is 0 Å². The van der Waals surface area contributed by atoms with E-state index in [0.29, 0.717) is 17.9 Å². The lowest BCUT2D eigenvalue weighted by atomic mass is 9.98. The van der Waals surface area contributed by atoms with Gasteiger partial charge >= 0.3 is 6.18 Å². The van der Waals surface area contributed by atoms with Crippen LogP contribution in [0.4, 0.5) is 24.7 Å². The van der Waals surface area contributed by atoms with Crippen LogP contribution in [0, 0.1) is 6.92 Å². The third kappa shape index (κ3) is 5.87. The van der Waals surface area contributed by atoms with Crippen LogP contribution in [0.15, 0.2) is 53.8 Å². The first kappa shape index (κ1) is 27.2. The molecule has 0 atom stereocenters. The molecule has 3 aliphatic heterocycles. The van der Waals surface area contributed by atoms with Gasteiger partial charge in [-0.1, -0.05) is 6.07 Å². The fourth-order valence-electron chi connectivity index (χ4n) is 4.20. The Kier molecular flexibility index (Phi) is 7.88. The number of halogens is 3. The molecule has 0 bridgehead atoms. The standard InChI is InChI=1S/C25H22F3N7O.CH2O2/c1-3-29-24-32-13-15-10-19(22-31-8-9-35(22)21(15)34-24)18-12-17(5-4-14(18)2)33-23(36)20-11-16(6-7-30-20)25(26,27)28;2-1-3/h4-7,10-13,31H,3,8-9H2,1-2H3,(H,33,36);1H,(H,2,3). The molecule has 1 aromatic heterocycles. The maximum Gasteiger partial charge on any atom is 0.416 e. The van der Waals surface area contributed by atoms with Crippen molar-refractivity contribution in [3.63, 3.8) is 0 Å². The van der Waals surface area contributed by atoms with Gasteiger partial charge in [0, 0.05) is 48.8 Å². The van der Waals surface area contributed by atoms with Crippen molar-refractivity contribution < 1.29 is 27.9 Å². The molecule has 13 heteroatoms. The summed E-state index contributed by atoms with van der Waals surface area (Å²) < 4.78 is 41.2. The average Bonchev–Trinajstić information content (AvgIpc) is 3.40. The van der Waals surface area contributed by atoms with Crippen LogP contribution in [0.2, 0.25) is 0 Å². The van der Waals surface area contributed by atoms with Gasteiger partial charge in [-0.25, -0.2) is 9.98 Å². The highest BCUT2D eigenvalue weighted by Crippen LogP contribution is 2.39. The Bertz CT molecular complexity index is 1570. The number of carbonyl (C=O) groups is 2. The fourth-order valence-corrected chi connectivity index (χ4v) is 4.20. The van der Waals surface area contributed by atoms with Gasteiger partial charge in [0.05, 0.1) is 5.56 Å². The third-order valence-electron chi connectivity index (χ3n) is 5.90. The SMILES string of the molecule is CCN=c1ncc2cc(-c3cc(NC(=O)c4cc(C(F)(F)F)ccn4)ccc3C)c3n(c-2n1)CCN3.O=CO. The molecular weight excluding hydrogens is 515 g/mol. The molecule has 2 aromatic rings. The molecule has 0 fully saturated rings. The lowest BCUT2D eigenvalue weighted by Gasteiger charge is -2.19. The lowest BCUT2D eigenvalue weighted by molar-refractivity contribution is -0.137. The number of nitrogens with zero attached hydrogens (tertiary/aromatic N) is 5. The minimum atomic E-state index is -4.56. The summed E-state index contributed by atoms with van der Waals surface area (Å²) in [6, 6.07) is 8.89. The number of aryl methyl sites for hydroxylation is 1. The Hall–Kier alpha value is -4.81. The number of alkyl halides is 3. The van der Waals surface area contributed by atoms with E-state index in [2.05, 4.69) is 35.1 Å². The highest BCUT2D eigenvalue weighted by atomic mass is 19.4. The molecule has 1 aromatic carbocycles. The van der Waals surface area contributed by atoms with Crippen LogP contribution in [0.3, 0.4) is 0 Å². The van der Waals surface area contributed by atoms with Gasteiger partial charge in [0.2, 0.25) is 5.62 Å². The number of carbonyl (C=O) groups excluding carboxylic acids is 1. The van der Waals surface area contributed by atoms with Crippen molar-refractivity contribution in [2.45, 2.75) is 26.6 Å². The van der Waals surface area contributed by atoms with Crippen LogP contribution in [0.25, 0.3) is 22.5 Å². The van der Waals surface area contributed by atoms with Crippen molar-refractivity contribution in [2.24, 2.45) is 4.99 Å². The van der Waals surface area contributed by atoms with Gasteiger partial charge in [-0.2, -0.15) is 18.2 Å². The second kappa shape index (κ2) is 11.3. The summed E-state index contributed by atoms with van der Waals surface area (Å²) in [5.74, 6) is 0.932. The van der Waals surface area contributed by atoms with Crippen LogP contribution in [-0.4, -0.2) is 50.1 Å². The second-order valence-corrected chi connectivity index (χ2v) is 8.43. The molecule has 202 valence electrons. The largest absolute Gasteiger partial charge is 0.483 e. The number of fused-ring (bicyclic) bond motifs is 3. The predicted octanol–water partition coefficient (Wildman–Crippen LogP) is 4.07. The smallest absolute Gasteiger partial charge is 0.416 e. The molecule has 10 nitrogen and oxygen atoms in total. The zero-order valence-electron chi connectivity index (χ0n) is 21.0. The van der Waals surface area contributed by atoms with Gasteiger partial charge in [-0.3, -0.25) is 14.6 Å². The lowest BCUT2D eigenvalue weighted by Crippen LogP contribution is -2.18. The van der Waals surface area contributed by atoms with Crippen molar-refractivity contribution in [3.8, 4) is 22.5 Å². The zero-order chi connectivity index (χ0) is 28.2. The summed E-state index contributed by atoms with van der Waals surface area (Å²) >= 11 is 0. The van der Waals surface area contributed by atoms with E-state index in [1.54, 1.807) is 18.3 Å². The number of carboxylic acid groups (broad SMARTS) is 1. The van der Waals surface area contributed by atoms with Crippen molar-refractivity contribution in [1.29, 1.82) is 0 Å². The topological polar surface area (TPSA) is 134 Å². The van der Waals surface area contributed by atoms with Gasteiger partial charge < -0.3 is 20.3 Å². The van der Waals surface area contributed by atoms with Gasteiger partial charge in [-0.15, -0.1) is 0 Å². The molecule has 39 heavy (non-hydrogen) atoms. The first-order valence-electron chi connectivity index (χ1n) is 11.8. The molecule has 0 saturated carbocycles. The molecule has 0 radical (unpaired) electrons. The maximum absolute atomic E-state index is 13.0. The zero-order valence-corrected chi connectivity index (χ0v) is 21.0. The van der Waals surface area contributed by atoms with E-state index in [1.807, 2.05) is 26.0 Å². The van der Waals surface area contributed by atoms with Crippen molar-refractivity contribution in [2.75, 3.05) is 23.7 Å². The summed E-state index contributed by atoms with van der Waals surface area (Å²) in [7, 11) is 0. The number of anilines is 2. The summed E-state index contributed by atoms with van der Waals surface area (Å²) in [5, 5.41) is 13.0. The molecule has 0 spiro atoms. The number of hydrogen-bond donors (Lipinski definition) is 3. The van der Waals surface area contributed by atoms with E-state index in [0.717, 1.165) is 65.3 Å². The number of amides is 1. The monoisotopic (exact) mass is 539 g/mol. The molecule has 3 aliphatic rings. The number of nitrogens with one attached hydrogen (secondary N) is 2. The van der Waals surface area contributed by atoms with Crippen LogP contribution in [0.1, 0.15) is 28.5 Å². The van der Waals surface area contributed by atoms with E-state index in [-0.39, 0.29) is 12.2 Å². The van der Waals surface area contributed by atoms with Crippen LogP contribution in [-0.2, 0) is 17.5 Å². The quantitative estimate of drug-likeness (QED) is 0.333. The highest BCUT2D eigenvalue weighted by Gasteiger charge is 2.31. The maximum atomic E-state index is 13.0. The van der Waals surface area contributed by atoms with Gasteiger partial charge in [0.15, 0.2) is 0 Å². The first-order chi connectivity index (χ1) is 18.7. The Labute approximate surface area is 220 Å². The number of pyridine rings is 2. The predicted molar refractivity (Wildman–Crippen MR) is 137 cm³/mol. The van der Waals surface area contributed by atoms with E-state index in [9.17, 15) is 18.0 Å². The Morgan fingerprint density at radius 3 is 2.69 bits per heavy atom. The van der Waals surface area contributed by atoms with Crippen LogP contribution in [0.5, 0.6) is 0 Å². The Morgan fingerprint density at radius 1 is 1.21 bits per heavy atom. The summed E-state index contributed by atoms with van der Waals surface area (Å²) in [6.45, 7) is 5.66. The number of hydrogen-bond acceptors (Lipinski definition) is 7. The molecule has 5 rings (SSSR count). The number of rotatable bonds is 4. The first-order valence-corrected chi connectivity index (χ1v) is 11.8. The summed E-state index contributed by atoms with van der Waals surface area (Å²) in [6.07, 6.45) is -1.85. The van der Waals surface area contributed by atoms with Crippen molar-refractivity contribution in [3.05, 3.63) is 71.2 Å². The normalized spacial score (nSPS) is 12.8. The van der Waals surface area contributed by atoms with Crippen LogP contribution >= 0.6 is 0 Å². The van der Waals surface area contributed by atoms with Gasteiger partial charge in [0.25, 0.3) is 12.4 Å². The highest BCUT2D eigenvalue weighted by molar-refractivity contribution is 6.03. The van der Waals surface area contributed by atoms with Crippen molar-refractivity contribution >= 4 is 23.9 Å². The Balaban J connectivity index is 0.00000112. The van der Waals surface area contributed by atoms with Crippen molar-refractivity contribution in [1.82, 2.24) is 19.5 Å². The summed E-state index contributed by atoms with van der Waals surface area (Å²) in [4.78, 5) is 38.1. The molecule has 3 N–H and O–H groups in total. The van der Waals surface area contributed by atoms with Gasteiger partial charge in [0.1, 0.15) is 17.3 Å². The number of benzene rings is 1. The minimum absolute atomic E-state index is 0.250. The molecule has 0 saturated heterocycles. The fraction of sp³-hybridized carbons (Fsp3) is 0.231. The molecule has 0 aliphatic carbocycles. The summed E-state index contributed by atoms with van der Waals surface area (Å²) in [5.41, 5.74) is 3.17. The van der Waals surface area contributed by atoms with E-state index in [1.165, 1.54) is 0 Å². The van der Waals surface area contributed by atoms with E-state index < -0.39 is 17.6 Å². The molecule has 0 unspecified atom stereocenters. The van der Waals surface area contributed by atoms with Gasteiger partial charge in [-0.05, 0) is 55.3 Å².